The van der Waals surface area contributed by atoms with Gasteiger partial charge in [0.2, 0.25) is 0 Å². The second-order valence-corrected chi connectivity index (χ2v) is 16.0. The van der Waals surface area contributed by atoms with Crippen LogP contribution in [0.5, 0.6) is 0 Å². The summed E-state index contributed by atoms with van der Waals surface area (Å²) in [6.45, 7) is 4.74. The van der Waals surface area contributed by atoms with Gasteiger partial charge in [0.1, 0.15) is 0 Å². The Bertz CT molecular complexity index is 3010. The van der Waals surface area contributed by atoms with Crippen LogP contribution >= 0.6 is 11.3 Å². The van der Waals surface area contributed by atoms with E-state index in [0.29, 0.717) is 0 Å². The van der Waals surface area contributed by atoms with Crippen LogP contribution in [0, 0.1) is 0 Å². The van der Waals surface area contributed by atoms with E-state index >= 15 is 0 Å². The molecule has 0 bridgehead atoms. The lowest BCUT2D eigenvalue weighted by molar-refractivity contribution is 0.661. The fraction of sp³-hybridized carbons (Fsp3) is 0.0588. The third-order valence-electron chi connectivity index (χ3n) is 11.6. The number of thiophene rings is 1. The molecule has 0 unspecified atom stereocenters. The normalized spacial score (nSPS) is 13.2. The first kappa shape index (κ1) is 30.4. The van der Waals surface area contributed by atoms with Crippen molar-refractivity contribution in [2.24, 2.45) is 0 Å². The smallest absolute Gasteiger partial charge is 0.0544 e. The Hall–Kier alpha value is -6.22. The van der Waals surface area contributed by atoms with E-state index in [1.165, 1.54) is 103 Å². The first-order valence-corrected chi connectivity index (χ1v) is 19.2. The number of fused-ring (bicyclic) bond motifs is 9. The average Bonchev–Trinajstić information content (AvgIpc) is 3.82. The predicted molar refractivity (Wildman–Crippen MR) is 228 cm³/mol. The molecule has 0 N–H and O–H groups in total. The molecule has 1 aliphatic carbocycles. The molecular formula is C51H35NS. The third-order valence-corrected chi connectivity index (χ3v) is 12.7. The van der Waals surface area contributed by atoms with Crippen molar-refractivity contribution in [3.05, 3.63) is 187 Å². The highest BCUT2D eigenvalue weighted by Crippen LogP contribution is 2.51. The van der Waals surface area contributed by atoms with E-state index in [2.05, 4.69) is 194 Å². The van der Waals surface area contributed by atoms with Crippen molar-refractivity contribution in [2.45, 2.75) is 19.3 Å². The molecule has 0 fully saturated rings. The number of hydrogen-bond acceptors (Lipinski definition) is 1. The van der Waals surface area contributed by atoms with Gasteiger partial charge in [-0.15, -0.1) is 11.3 Å². The van der Waals surface area contributed by atoms with E-state index < -0.39 is 0 Å². The van der Waals surface area contributed by atoms with Gasteiger partial charge in [0, 0.05) is 42.0 Å². The number of hydrogen-bond donors (Lipinski definition) is 0. The molecule has 250 valence electrons. The molecule has 2 heteroatoms. The highest BCUT2D eigenvalue weighted by atomic mass is 32.1. The molecule has 11 rings (SSSR count). The second kappa shape index (κ2) is 11.4. The Morgan fingerprint density at radius 1 is 0.377 bits per heavy atom. The average molecular weight is 694 g/mol. The summed E-state index contributed by atoms with van der Waals surface area (Å²) in [5.41, 5.74) is 16.5. The van der Waals surface area contributed by atoms with E-state index in [9.17, 15) is 0 Å². The number of aromatic nitrogens is 1. The number of nitrogens with zero attached hydrogens (tertiary/aromatic N) is 1. The molecule has 10 aromatic rings. The van der Waals surface area contributed by atoms with E-state index in [1.807, 2.05) is 11.3 Å². The van der Waals surface area contributed by atoms with Crippen LogP contribution in [0.15, 0.2) is 176 Å². The first-order chi connectivity index (χ1) is 26.0. The minimum atomic E-state index is -0.0660. The minimum Gasteiger partial charge on any atom is -0.309 e. The molecule has 0 aliphatic heterocycles. The maximum Gasteiger partial charge on any atom is 0.0544 e. The summed E-state index contributed by atoms with van der Waals surface area (Å²) in [7, 11) is 0. The van der Waals surface area contributed by atoms with Crippen LogP contribution < -0.4 is 0 Å². The zero-order chi connectivity index (χ0) is 35.3. The Labute approximate surface area is 313 Å². The molecular weight excluding hydrogens is 659 g/mol. The lowest BCUT2D eigenvalue weighted by atomic mass is 9.82. The maximum absolute atomic E-state index is 2.49. The van der Waals surface area contributed by atoms with E-state index in [0.717, 1.165) is 0 Å². The Kier molecular flexibility index (Phi) is 6.53. The molecule has 0 saturated carbocycles. The van der Waals surface area contributed by atoms with Gasteiger partial charge in [-0.05, 0) is 122 Å². The lowest BCUT2D eigenvalue weighted by Crippen LogP contribution is -2.14. The second-order valence-electron chi connectivity index (χ2n) is 15.0. The number of para-hydroxylation sites is 1. The van der Waals surface area contributed by atoms with E-state index in [4.69, 9.17) is 0 Å². The standard InChI is InChI=1S/C51H35NS/c1-51(2)45-19-11-9-17-39(45)41-30-42-40-18-10-12-20-47(40)52(48(42)31-46(41)51)38-22-24-50-44(29-38)43-28-34(21-23-49(43)53-50)37-26-35(32-13-5-3-6-14-32)25-36(27-37)33-15-7-4-8-16-33/h3-31H,1-2H3. The summed E-state index contributed by atoms with van der Waals surface area (Å²) in [5.74, 6) is 0. The number of benzene rings is 8. The Balaban J connectivity index is 1.11. The van der Waals surface area contributed by atoms with Crippen molar-refractivity contribution >= 4 is 53.3 Å². The third kappa shape index (κ3) is 4.62. The highest BCUT2D eigenvalue weighted by molar-refractivity contribution is 7.25. The van der Waals surface area contributed by atoms with Gasteiger partial charge in [0.15, 0.2) is 0 Å². The van der Waals surface area contributed by atoms with Gasteiger partial charge in [-0.25, -0.2) is 0 Å². The van der Waals surface area contributed by atoms with Gasteiger partial charge < -0.3 is 4.57 Å². The molecule has 0 saturated heterocycles. The van der Waals surface area contributed by atoms with Crippen LogP contribution in [-0.2, 0) is 5.41 Å². The van der Waals surface area contributed by atoms with Crippen LogP contribution in [0.4, 0.5) is 0 Å². The van der Waals surface area contributed by atoms with Gasteiger partial charge in [-0.1, -0.05) is 123 Å². The molecule has 0 spiro atoms. The predicted octanol–water partition coefficient (Wildman–Crippen LogP) is 14.5. The molecule has 0 amide bonds. The van der Waals surface area contributed by atoms with Crippen LogP contribution in [0.1, 0.15) is 25.0 Å². The van der Waals surface area contributed by atoms with Gasteiger partial charge >= 0.3 is 0 Å². The van der Waals surface area contributed by atoms with Crippen molar-refractivity contribution in [2.75, 3.05) is 0 Å². The summed E-state index contributed by atoms with van der Waals surface area (Å²) < 4.78 is 5.11. The van der Waals surface area contributed by atoms with Gasteiger partial charge in [0.25, 0.3) is 0 Å². The zero-order valence-corrected chi connectivity index (χ0v) is 30.4. The van der Waals surface area contributed by atoms with Crippen LogP contribution in [0.25, 0.3) is 92.2 Å². The van der Waals surface area contributed by atoms with Gasteiger partial charge in [-0.3, -0.25) is 0 Å². The fourth-order valence-corrected chi connectivity index (χ4v) is 9.98. The lowest BCUT2D eigenvalue weighted by Gasteiger charge is -2.21. The summed E-state index contributed by atoms with van der Waals surface area (Å²) in [6, 6.07) is 65.3. The molecule has 2 aromatic heterocycles. The van der Waals surface area contributed by atoms with Gasteiger partial charge in [0.05, 0.1) is 11.0 Å². The van der Waals surface area contributed by atoms with Crippen molar-refractivity contribution in [3.63, 3.8) is 0 Å². The first-order valence-electron chi connectivity index (χ1n) is 18.4. The largest absolute Gasteiger partial charge is 0.309 e. The molecule has 1 aliphatic rings. The monoisotopic (exact) mass is 693 g/mol. The molecule has 8 aromatic carbocycles. The van der Waals surface area contributed by atoms with Crippen LogP contribution in [0.2, 0.25) is 0 Å². The number of rotatable bonds is 4. The van der Waals surface area contributed by atoms with Crippen molar-refractivity contribution in [1.29, 1.82) is 0 Å². The fourth-order valence-electron chi connectivity index (χ4n) is 8.91. The van der Waals surface area contributed by atoms with Crippen LogP contribution in [0.3, 0.4) is 0 Å². The highest BCUT2D eigenvalue weighted by Gasteiger charge is 2.36. The Morgan fingerprint density at radius 2 is 0.981 bits per heavy atom. The molecule has 1 nitrogen and oxygen atoms in total. The van der Waals surface area contributed by atoms with E-state index in [1.54, 1.807) is 0 Å². The summed E-state index contributed by atoms with van der Waals surface area (Å²) in [4.78, 5) is 0. The zero-order valence-electron chi connectivity index (χ0n) is 29.6. The van der Waals surface area contributed by atoms with Gasteiger partial charge in [-0.2, -0.15) is 0 Å². The molecule has 0 radical (unpaired) electrons. The van der Waals surface area contributed by atoms with Crippen molar-refractivity contribution in [1.82, 2.24) is 4.57 Å². The summed E-state index contributed by atoms with van der Waals surface area (Å²) >= 11 is 1.88. The quantitative estimate of drug-likeness (QED) is 0.173. The minimum absolute atomic E-state index is 0.0660. The van der Waals surface area contributed by atoms with E-state index in [-0.39, 0.29) is 5.41 Å². The Morgan fingerprint density at radius 3 is 1.72 bits per heavy atom. The topological polar surface area (TPSA) is 4.93 Å². The summed E-state index contributed by atoms with van der Waals surface area (Å²) in [5, 5.41) is 5.19. The molecule has 0 atom stereocenters. The van der Waals surface area contributed by atoms with Crippen molar-refractivity contribution in [3.8, 4) is 50.2 Å². The molecule has 53 heavy (non-hydrogen) atoms. The van der Waals surface area contributed by atoms with Crippen molar-refractivity contribution < 1.29 is 0 Å². The van der Waals surface area contributed by atoms with Crippen LogP contribution in [-0.4, -0.2) is 4.57 Å². The SMILES string of the molecule is CC1(C)c2ccccc2-c2cc3c4ccccc4n(-c4ccc5sc6ccc(-c7cc(-c8ccccc8)cc(-c8ccccc8)c7)cc6c5c4)c3cc21. The summed E-state index contributed by atoms with van der Waals surface area (Å²) in [6.07, 6.45) is 0. The maximum atomic E-state index is 2.49. The molecule has 2 heterocycles.